The van der Waals surface area contributed by atoms with Crippen LogP contribution in [0.3, 0.4) is 0 Å². The van der Waals surface area contributed by atoms with Crippen molar-refractivity contribution in [3.05, 3.63) is 76.1 Å². The van der Waals surface area contributed by atoms with E-state index in [9.17, 15) is 14.9 Å². The predicted octanol–water partition coefficient (Wildman–Crippen LogP) is 4.29. The zero-order chi connectivity index (χ0) is 21.0. The van der Waals surface area contributed by atoms with Crippen LogP contribution < -0.4 is 10.2 Å². The van der Waals surface area contributed by atoms with Gasteiger partial charge < -0.3 is 15.3 Å². The quantitative estimate of drug-likeness (QED) is 0.450. The monoisotopic (exact) mass is 393 g/mol. The molecule has 0 bridgehead atoms. The van der Waals surface area contributed by atoms with Gasteiger partial charge in [-0.15, -0.1) is 0 Å². The Labute approximate surface area is 166 Å². The van der Waals surface area contributed by atoms with Crippen LogP contribution in [-0.2, 0) is 0 Å². The van der Waals surface area contributed by atoms with Crippen LogP contribution in [0.15, 0.2) is 54.9 Å². The van der Waals surface area contributed by atoms with Crippen molar-refractivity contribution in [1.29, 1.82) is 0 Å². The van der Waals surface area contributed by atoms with E-state index in [1.807, 2.05) is 38.1 Å². The fourth-order valence-corrected chi connectivity index (χ4v) is 2.91. The molecule has 2 aromatic carbocycles. The molecule has 0 unspecified atom stereocenters. The maximum Gasteiger partial charge on any atom is 0.354 e. The molecule has 0 radical (unpaired) electrons. The summed E-state index contributed by atoms with van der Waals surface area (Å²) in [7, 11) is 0. The first-order valence-corrected chi connectivity index (χ1v) is 8.84. The number of rotatable bonds is 7. The highest BCUT2D eigenvalue weighted by atomic mass is 16.6. The van der Waals surface area contributed by atoms with Crippen LogP contribution in [0.2, 0.25) is 0 Å². The zero-order valence-corrected chi connectivity index (χ0v) is 15.9. The smallest absolute Gasteiger partial charge is 0.354 e. The van der Waals surface area contributed by atoms with Crippen LogP contribution >= 0.6 is 0 Å². The first-order valence-electron chi connectivity index (χ1n) is 8.84. The molecule has 9 nitrogen and oxygen atoms in total. The Bertz CT molecular complexity index is 1050. The zero-order valence-electron chi connectivity index (χ0n) is 15.9. The second-order valence-corrected chi connectivity index (χ2v) is 6.24. The molecule has 1 aromatic heterocycles. The topological polar surface area (TPSA) is 121 Å². The summed E-state index contributed by atoms with van der Waals surface area (Å²) in [6.45, 7) is 4.29. The number of nitrogens with zero attached hydrogens (tertiary/aromatic N) is 4. The van der Waals surface area contributed by atoms with E-state index in [4.69, 9.17) is 5.11 Å². The van der Waals surface area contributed by atoms with Gasteiger partial charge in [0.2, 0.25) is 11.6 Å². The van der Waals surface area contributed by atoms with E-state index in [0.29, 0.717) is 12.2 Å². The van der Waals surface area contributed by atoms with Crippen molar-refractivity contribution in [1.82, 2.24) is 9.97 Å². The van der Waals surface area contributed by atoms with Gasteiger partial charge in [0.05, 0.1) is 10.5 Å². The van der Waals surface area contributed by atoms with Gasteiger partial charge in [0.15, 0.2) is 0 Å². The number of aromatic nitrogens is 2. The number of carboxylic acids is 1. The maximum absolute atomic E-state index is 11.9. The Morgan fingerprint density at radius 2 is 1.93 bits per heavy atom. The third-order valence-electron chi connectivity index (χ3n) is 4.27. The number of hydrogen-bond donors (Lipinski definition) is 2. The molecule has 2 N–H and O–H groups in total. The van der Waals surface area contributed by atoms with Crippen LogP contribution in [0.25, 0.3) is 0 Å². The Kier molecular flexibility index (Phi) is 5.68. The Hall–Kier alpha value is -4.01. The molecular weight excluding hydrogens is 374 g/mol. The molecule has 148 valence electrons. The number of hydrogen-bond acceptors (Lipinski definition) is 7. The van der Waals surface area contributed by atoms with Gasteiger partial charge in [-0.2, -0.15) is 0 Å². The van der Waals surface area contributed by atoms with E-state index in [1.165, 1.54) is 30.6 Å². The predicted molar refractivity (Wildman–Crippen MR) is 109 cm³/mol. The van der Waals surface area contributed by atoms with Crippen LogP contribution in [0.5, 0.6) is 0 Å². The number of carboxylic acid groups (broad SMARTS) is 1. The third-order valence-corrected chi connectivity index (χ3v) is 4.27. The van der Waals surface area contributed by atoms with Crippen LogP contribution in [0, 0.1) is 17.0 Å². The lowest BCUT2D eigenvalue weighted by Crippen LogP contribution is -2.20. The molecule has 0 fully saturated rings. The van der Waals surface area contributed by atoms with E-state index in [0.717, 1.165) is 11.3 Å². The summed E-state index contributed by atoms with van der Waals surface area (Å²) in [6.07, 6.45) is 1.26. The Balaban J connectivity index is 2.03. The second-order valence-electron chi connectivity index (χ2n) is 6.24. The molecule has 3 rings (SSSR count). The number of aromatic carboxylic acids is 1. The summed E-state index contributed by atoms with van der Waals surface area (Å²) in [4.78, 5) is 32.3. The van der Waals surface area contributed by atoms with Gasteiger partial charge in [-0.25, -0.2) is 14.8 Å². The minimum atomic E-state index is -1.05. The van der Waals surface area contributed by atoms with Gasteiger partial charge in [-0.05, 0) is 55.8 Å². The number of anilines is 4. The minimum Gasteiger partial charge on any atom is -0.478 e. The number of nitro groups is 1. The number of nitrogens with one attached hydrogen (secondary N) is 1. The van der Waals surface area contributed by atoms with E-state index in [-0.39, 0.29) is 22.9 Å². The number of carbonyl (C=O) groups is 1. The van der Waals surface area contributed by atoms with Crippen molar-refractivity contribution in [3.63, 3.8) is 0 Å². The van der Waals surface area contributed by atoms with Crippen molar-refractivity contribution in [3.8, 4) is 0 Å². The number of aryl methyl sites for hydroxylation is 1. The largest absolute Gasteiger partial charge is 0.478 e. The van der Waals surface area contributed by atoms with Crippen molar-refractivity contribution >= 4 is 34.7 Å². The average molecular weight is 393 g/mol. The standard InChI is InChI=1S/C20H19N5O4/c1-3-24(16-6-4-5-13(2)11-16)19-17(25(28)29)18(21-12-22-19)23-15-9-7-14(8-10-15)20(26)27/h4-12H,3H2,1-2H3,(H,26,27)(H,21,22,23). The summed E-state index contributed by atoms with van der Waals surface area (Å²) in [6, 6.07) is 13.5. The first kappa shape index (κ1) is 19.7. The lowest BCUT2D eigenvalue weighted by Gasteiger charge is -2.22. The summed E-state index contributed by atoms with van der Waals surface area (Å²) >= 11 is 0. The molecule has 0 aliphatic heterocycles. The lowest BCUT2D eigenvalue weighted by atomic mass is 10.2. The molecule has 3 aromatic rings. The molecule has 0 aliphatic carbocycles. The fraction of sp³-hybridized carbons (Fsp3) is 0.150. The molecule has 1 heterocycles. The molecule has 0 aliphatic rings. The van der Waals surface area contributed by atoms with Crippen LogP contribution in [0.1, 0.15) is 22.8 Å². The van der Waals surface area contributed by atoms with E-state index in [1.54, 1.807) is 4.90 Å². The Morgan fingerprint density at radius 1 is 1.21 bits per heavy atom. The minimum absolute atomic E-state index is 0.0224. The van der Waals surface area contributed by atoms with E-state index in [2.05, 4.69) is 15.3 Å². The highest BCUT2D eigenvalue weighted by molar-refractivity contribution is 5.88. The summed E-state index contributed by atoms with van der Waals surface area (Å²) in [5, 5.41) is 23.8. The van der Waals surface area contributed by atoms with Crippen LogP contribution in [-0.4, -0.2) is 32.5 Å². The van der Waals surface area contributed by atoms with Gasteiger partial charge in [0.25, 0.3) is 0 Å². The maximum atomic E-state index is 11.9. The highest BCUT2D eigenvalue weighted by Gasteiger charge is 2.27. The lowest BCUT2D eigenvalue weighted by molar-refractivity contribution is -0.383. The summed E-state index contributed by atoms with van der Waals surface area (Å²) in [5.74, 6) is -0.861. The van der Waals surface area contributed by atoms with Crippen molar-refractivity contribution in [2.75, 3.05) is 16.8 Å². The van der Waals surface area contributed by atoms with Crippen molar-refractivity contribution in [2.24, 2.45) is 0 Å². The molecule has 0 amide bonds. The van der Waals surface area contributed by atoms with Crippen molar-refractivity contribution < 1.29 is 14.8 Å². The van der Waals surface area contributed by atoms with Gasteiger partial charge >= 0.3 is 11.7 Å². The van der Waals surface area contributed by atoms with Gasteiger partial charge in [-0.1, -0.05) is 12.1 Å². The average Bonchev–Trinajstić information content (AvgIpc) is 2.69. The van der Waals surface area contributed by atoms with E-state index >= 15 is 0 Å². The van der Waals surface area contributed by atoms with Gasteiger partial charge in [0, 0.05) is 17.9 Å². The molecular formula is C20H19N5O4. The van der Waals surface area contributed by atoms with Gasteiger partial charge in [0.1, 0.15) is 6.33 Å². The van der Waals surface area contributed by atoms with Crippen LogP contribution in [0.4, 0.5) is 28.7 Å². The number of benzene rings is 2. The van der Waals surface area contributed by atoms with Crippen molar-refractivity contribution in [2.45, 2.75) is 13.8 Å². The molecule has 29 heavy (non-hydrogen) atoms. The molecule has 0 saturated heterocycles. The summed E-state index contributed by atoms with van der Waals surface area (Å²) in [5.41, 5.74) is 2.13. The molecule has 9 heteroatoms. The fourth-order valence-electron chi connectivity index (χ4n) is 2.91. The highest BCUT2D eigenvalue weighted by Crippen LogP contribution is 2.37. The van der Waals surface area contributed by atoms with E-state index < -0.39 is 10.9 Å². The third kappa shape index (κ3) is 4.29. The molecule has 0 spiro atoms. The Morgan fingerprint density at radius 3 is 2.52 bits per heavy atom. The summed E-state index contributed by atoms with van der Waals surface area (Å²) < 4.78 is 0. The molecule has 0 atom stereocenters. The molecule has 0 saturated carbocycles. The second kappa shape index (κ2) is 8.34. The normalized spacial score (nSPS) is 10.4. The first-order chi connectivity index (χ1) is 13.9. The SMILES string of the molecule is CCN(c1cccc(C)c1)c1ncnc(Nc2ccc(C(=O)O)cc2)c1[N+](=O)[O-]. The van der Waals surface area contributed by atoms with Gasteiger partial charge in [-0.3, -0.25) is 10.1 Å².